The highest BCUT2D eigenvalue weighted by Gasteiger charge is 2.33. The number of imide groups is 1. The minimum Gasteiger partial charge on any atom is -0.350 e. The molecule has 1 aliphatic heterocycles. The Morgan fingerprint density at radius 1 is 1.25 bits per heavy atom. The van der Waals surface area contributed by atoms with Crippen LogP contribution in [-0.4, -0.2) is 41.8 Å². The molecule has 0 saturated heterocycles. The number of nitrogens with two attached hydrogens (primary N) is 1. The summed E-state index contributed by atoms with van der Waals surface area (Å²) in [6, 6.07) is 4.47. The van der Waals surface area contributed by atoms with Gasteiger partial charge < -0.3 is 11.1 Å². The van der Waals surface area contributed by atoms with Crippen molar-refractivity contribution in [2.45, 2.75) is 19.4 Å². The minimum atomic E-state index is -0.515. The molecule has 106 valence electrons. The van der Waals surface area contributed by atoms with Gasteiger partial charge in [-0.05, 0) is 32.0 Å². The third-order valence-corrected chi connectivity index (χ3v) is 3.06. The van der Waals surface area contributed by atoms with E-state index >= 15 is 0 Å². The van der Waals surface area contributed by atoms with Crippen molar-refractivity contribution in [3.05, 3.63) is 34.9 Å². The first-order valence-electron chi connectivity index (χ1n) is 6.24. The summed E-state index contributed by atoms with van der Waals surface area (Å²) in [5.74, 6) is -1.06. The Morgan fingerprint density at radius 3 is 2.45 bits per heavy atom. The Kier molecular flexibility index (Phi) is 3.35. The van der Waals surface area contributed by atoms with Gasteiger partial charge in [-0.3, -0.25) is 19.3 Å². The van der Waals surface area contributed by atoms with Gasteiger partial charge in [0.25, 0.3) is 17.7 Å². The van der Waals surface area contributed by atoms with E-state index in [-0.39, 0.29) is 23.3 Å². The standard InChI is InChI=1S/C14H17N3O3/c1-14(2,15)7-16-11(18)8-4-5-9-10(6-8)13(20)17(3)12(9)19/h4-6H,7,15H2,1-3H3,(H,16,18). The first kappa shape index (κ1) is 14.2. The Bertz CT molecular complexity index is 602. The fraction of sp³-hybridized carbons (Fsp3) is 0.357. The normalized spacial score (nSPS) is 14.5. The second kappa shape index (κ2) is 4.72. The molecule has 6 nitrogen and oxygen atoms in total. The molecule has 3 amide bonds. The fourth-order valence-electron chi connectivity index (χ4n) is 1.91. The number of carbonyl (C=O) groups is 3. The molecule has 1 aromatic carbocycles. The Balaban J connectivity index is 2.23. The van der Waals surface area contributed by atoms with Gasteiger partial charge in [0, 0.05) is 24.7 Å². The summed E-state index contributed by atoms with van der Waals surface area (Å²) < 4.78 is 0. The third-order valence-electron chi connectivity index (χ3n) is 3.06. The van der Waals surface area contributed by atoms with Crippen molar-refractivity contribution in [1.82, 2.24) is 10.2 Å². The van der Waals surface area contributed by atoms with Crippen LogP contribution in [0.4, 0.5) is 0 Å². The summed E-state index contributed by atoms with van der Waals surface area (Å²) in [6.07, 6.45) is 0. The zero-order valence-electron chi connectivity index (χ0n) is 11.7. The van der Waals surface area contributed by atoms with Crippen molar-refractivity contribution in [3.8, 4) is 0 Å². The van der Waals surface area contributed by atoms with Gasteiger partial charge in [0.15, 0.2) is 0 Å². The molecular weight excluding hydrogens is 258 g/mol. The zero-order valence-corrected chi connectivity index (χ0v) is 11.7. The van der Waals surface area contributed by atoms with Gasteiger partial charge >= 0.3 is 0 Å². The van der Waals surface area contributed by atoms with E-state index in [0.717, 1.165) is 4.90 Å². The predicted molar refractivity (Wildman–Crippen MR) is 73.5 cm³/mol. The molecule has 1 aromatic rings. The lowest BCUT2D eigenvalue weighted by Gasteiger charge is -2.18. The van der Waals surface area contributed by atoms with Crippen molar-refractivity contribution >= 4 is 17.7 Å². The molecule has 20 heavy (non-hydrogen) atoms. The van der Waals surface area contributed by atoms with Gasteiger partial charge in [-0.1, -0.05) is 0 Å². The Morgan fingerprint density at radius 2 is 1.85 bits per heavy atom. The maximum atomic E-state index is 12.0. The number of rotatable bonds is 3. The maximum absolute atomic E-state index is 12.0. The van der Waals surface area contributed by atoms with Crippen LogP contribution in [0, 0.1) is 0 Å². The van der Waals surface area contributed by atoms with E-state index in [1.165, 1.54) is 25.2 Å². The second-order valence-electron chi connectivity index (χ2n) is 5.60. The number of carbonyl (C=O) groups excluding carboxylic acids is 3. The lowest BCUT2D eigenvalue weighted by Crippen LogP contribution is -2.45. The minimum absolute atomic E-state index is 0.261. The van der Waals surface area contributed by atoms with Crippen LogP contribution in [0.25, 0.3) is 0 Å². The van der Waals surface area contributed by atoms with Gasteiger partial charge in [-0.2, -0.15) is 0 Å². The molecule has 1 heterocycles. The van der Waals surface area contributed by atoms with Crippen LogP contribution in [0.15, 0.2) is 18.2 Å². The van der Waals surface area contributed by atoms with Crippen LogP contribution in [0.3, 0.4) is 0 Å². The van der Waals surface area contributed by atoms with Gasteiger partial charge in [-0.15, -0.1) is 0 Å². The lowest BCUT2D eigenvalue weighted by atomic mass is 10.0. The van der Waals surface area contributed by atoms with E-state index in [1.54, 1.807) is 13.8 Å². The third kappa shape index (κ3) is 2.55. The van der Waals surface area contributed by atoms with Gasteiger partial charge in [-0.25, -0.2) is 0 Å². The Hall–Kier alpha value is -2.21. The highest BCUT2D eigenvalue weighted by Crippen LogP contribution is 2.22. The van der Waals surface area contributed by atoms with Crippen molar-refractivity contribution in [3.63, 3.8) is 0 Å². The number of hydrogen-bond donors (Lipinski definition) is 2. The smallest absolute Gasteiger partial charge is 0.261 e. The molecule has 0 atom stereocenters. The van der Waals surface area contributed by atoms with Gasteiger partial charge in [0.05, 0.1) is 11.1 Å². The van der Waals surface area contributed by atoms with E-state index in [0.29, 0.717) is 17.7 Å². The van der Waals surface area contributed by atoms with Crippen molar-refractivity contribution < 1.29 is 14.4 Å². The van der Waals surface area contributed by atoms with E-state index in [1.807, 2.05) is 0 Å². The number of fused-ring (bicyclic) bond motifs is 1. The molecule has 0 radical (unpaired) electrons. The first-order valence-corrected chi connectivity index (χ1v) is 6.24. The molecular formula is C14H17N3O3. The summed E-state index contributed by atoms with van der Waals surface area (Å²) >= 11 is 0. The SMILES string of the molecule is CN1C(=O)c2ccc(C(=O)NCC(C)(C)N)cc2C1=O. The molecule has 0 spiro atoms. The molecule has 0 saturated carbocycles. The maximum Gasteiger partial charge on any atom is 0.261 e. The van der Waals surface area contributed by atoms with Crippen LogP contribution >= 0.6 is 0 Å². The van der Waals surface area contributed by atoms with E-state index in [9.17, 15) is 14.4 Å². The topological polar surface area (TPSA) is 92.5 Å². The molecule has 0 bridgehead atoms. The number of amides is 3. The average Bonchev–Trinajstić information content (AvgIpc) is 2.60. The highest BCUT2D eigenvalue weighted by atomic mass is 16.2. The van der Waals surface area contributed by atoms with Crippen LogP contribution in [0.1, 0.15) is 44.9 Å². The molecule has 3 N–H and O–H groups in total. The highest BCUT2D eigenvalue weighted by molar-refractivity contribution is 6.21. The van der Waals surface area contributed by atoms with E-state index in [2.05, 4.69) is 5.32 Å². The molecule has 0 aliphatic carbocycles. The van der Waals surface area contributed by atoms with Crippen molar-refractivity contribution in [2.75, 3.05) is 13.6 Å². The summed E-state index contributed by atoms with van der Waals surface area (Å²) in [5.41, 5.74) is 6.20. The summed E-state index contributed by atoms with van der Waals surface area (Å²) in [4.78, 5) is 36.6. The number of nitrogens with zero attached hydrogens (tertiary/aromatic N) is 1. The molecule has 0 aromatic heterocycles. The van der Waals surface area contributed by atoms with Crippen LogP contribution in [-0.2, 0) is 0 Å². The monoisotopic (exact) mass is 275 g/mol. The van der Waals surface area contributed by atoms with Crippen LogP contribution in [0.2, 0.25) is 0 Å². The largest absolute Gasteiger partial charge is 0.350 e. The zero-order chi connectivity index (χ0) is 15.1. The molecule has 2 rings (SSSR count). The first-order chi connectivity index (χ1) is 9.20. The quantitative estimate of drug-likeness (QED) is 0.780. The molecule has 1 aliphatic rings. The molecule has 0 unspecified atom stereocenters. The van der Waals surface area contributed by atoms with Crippen molar-refractivity contribution in [1.29, 1.82) is 0 Å². The van der Waals surface area contributed by atoms with Crippen LogP contribution in [0.5, 0.6) is 0 Å². The molecule has 0 fully saturated rings. The predicted octanol–water partition coefficient (Wildman–Crippen LogP) is 0.379. The summed E-state index contributed by atoms with van der Waals surface area (Å²) in [6.45, 7) is 3.91. The number of hydrogen-bond acceptors (Lipinski definition) is 4. The summed E-state index contributed by atoms with van der Waals surface area (Å²) in [5, 5.41) is 2.69. The Labute approximate surface area is 116 Å². The molecule has 6 heteroatoms. The second-order valence-corrected chi connectivity index (χ2v) is 5.60. The number of benzene rings is 1. The van der Waals surface area contributed by atoms with Crippen molar-refractivity contribution in [2.24, 2.45) is 5.73 Å². The van der Waals surface area contributed by atoms with Crippen LogP contribution < -0.4 is 11.1 Å². The summed E-state index contributed by atoms with van der Waals surface area (Å²) in [7, 11) is 1.42. The van der Waals surface area contributed by atoms with Gasteiger partial charge in [0.2, 0.25) is 0 Å². The van der Waals surface area contributed by atoms with E-state index < -0.39 is 5.54 Å². The van der Waals surface area contributed by atoms with E-state index in [4.69, 9.17) is 5.73 Å². The fourth-order valence-corrected chi connectivity index (χ4v) is 1.91. The number of nitrogens with one attached hydrogen (secondary N) is 1. The average molecular weight is 275 g/mol. The van der Waals surface area contributed by atoms with Gasteiger partial charge in [0.1, 0.15) is 0 Å². The lowest BCUT2D eigenvalue weighted by molar-refractivity contribution is 0.0693.